The average molecular weight is 643 g/mol. The summed E-state index contributed by atoms with van der Waals surface area (Å²) in [6, 6.07) is 11.2. The number of allylic oxidation sites excluding steroid dienone is 1. The van der Waals surface area contributed by atoms with Gasteiger partial charge in [-0.2, -0.15) is 0 Å². The molecule has 4 aliphatic rings. The number of nitrogens with zero attached hydrogens (tertiary/aromatic N) is 1. The van der Waals surface area contributed by atoms with Gasteiger partial charge in [-0.05, 0) is 110 Å². The lowest BCUT2D eigenvalue weighted by Gasteiger charge is -2.45. The summed E-state index contributed by atoms with van der Waals surface area (Å²) in [4.78, 5) is 14.2. The first-order valence-corrected chi connectivity index (χ1v) is 17.8. The Labute approximate surface area is 265 Å². The first-order chi connectivity index (χ1) is 20.9. The van der Waals surface area contributed by atoms with Crippen LogP contribution in [0.5, 0.6) is 5.75 Å². The molecule has 6 atom stereocenters. The zero-order valence-electron chi connectivity index (χ0n) is 25.3. The van der Waals surface area contributed by atoms with Crippen LogP contribution in [0.25, 0.3) is 0 Å². The summed E-state index contributed by atoms with van der Waals surface area (Å²) < 4.78 is 30.8. The van der Waals surface area contributed by atoms with Crippen molar-refractivity contribution in [1.29, 1.82) is 0 Å². The summed E-state index contributed by atoms with van der Waals surface area (Å²) in [6.45, 7) is 3.83. The number of anilines is 1. The van der Waals surface area contributed by atoms with Crippen molar-refractivity contribution in [3.8, 4) is 5.75 Å². The van der Waals surface area contributed by atoms with Crippen molar-refractivity contribution in [2.45, 2.75) is 81.5 Å². The number of carboxylic acids is 1. The highest BCUT2D eigenvalue weighted by Crippen LogP contribution is 2.47. The number of sulfonamides is 1. The summed E-state index contributed by atoms with van der Waals surface area (Å²) in [5.41, 5.74) is 2.80. The fourth-order valence-electron chi connectivity index (χ4n) is 8.42. The molecule has 0 radical (unpaired) electrons. The molecule has 6 rings (SSSR count). The van der Waals surface area contributed by atoms with Gasteiger partial charge in [0, 0.05) is 23.5 Å². The molecule has 238 valence electrons. The van der Waals surface area contributed by atoms with Crippen molar-refractivity contribution in [3.05, 3.63) is 70.3 Å². The maximum Gasteiger partial charge on any atom is 0.335 e. The third kappa shape index (κ3) is 6.00. The molecule has 10 heteroatoms. The van der Waals surface area contributed by atoms with Crippen LogP contribution in [0.1, 0.15) is 79.8 Å². The molecule has 2 saturated carbocycles. The number of aryl methyl sites for hydroxylation is 1. The number of ether oxygens (including phenoxy) is 1. The number of primary sulfonamides is 1. The molecule has 1 spiro atoms. The molecule has 2 fully saturated rings. The number of fused-ring (bicyclic) bond motifs is 3. The lowest BCUT2D eigenvalue weighted by atomic mass is 9.68. The number of carboxylic acid groups (broad SMARTS) is 1. The number of aromatic carboxylic acids is 1. The van der Waals surface area contributed by atoms with Gasteiger partial charge in [0.2, 0.25) is 10.0 Å². The number of rotatable bonds is 8. The molecule has 3 aliphatic carbocycles. The van der Waals surface area contributed by atoms with Crippen molar-refractivity contribution in [2.75, 3.05) is 24.6 Å². The van der Waals surface area contributed by atoms with E-state index in [2.05, 4.69) is 17.0 Å². The number of hydrogen-bond acceptors (Lipinski definition) is 6. The van der Waals surface area contributed by atoms with E-state index < -0.39 is 32.8 Å². The van der Waals surface area contributed by atoms with E-state index in [0.29, 0.717) is 38.3 Å². The van der Waals surface area contributed by atoms with Crippen LogP contribution in [-0.4, -0.2) is 55.7 Å². The van der Waals surface area contributed by atoms with E-state index in [1.807, 2.05) is 25.1 Å². The Balaban J connectivity index is 1.23. The van der Waals surface area contributed by atoms with Gasteiger partial charge in [-0.25, -0.2) is 18.4 Å². The SMILES string of the molecule is C[C@]1(C/C=C/C(O)[C@@H]2CC[C@H]2CN2C[C@@]3(CCCc4cc(Cl)ccc43)COc3ccc(C(=O)O)cc32)CCC[C@H]1S(N)(=O)=O. The molecule has 2 aromatic rings. The monoisotopic (exact) mass is 642 g/mol. The van der Waals surface area contributed by atoms with Gasteiger partial charge in [0.05, 0.1) is 29.2 Å². The zero-order chi connectivity index (χ0) is 31.3. The molecular weight excluding hydrogens is 600 g/mol. The number of benzene rings is 2. The quantitative estimate of drug-likeness (QED) is 0.315. The van der Waals surface area contributed by atoms with Crippen LogP contribution in [0.15, 0.2) is 48.6 Å². The smallest absolute Gasteiger partial charge is 0.335 e. The van der Waals surface area contributed by atoms with Gasteiger partial charge in [0.25, 0.3) is 0 Å². The second kappa shape index (κ2) is 12.0. The van der Waals surface area contributed by atoms with Crippen LogP contribution < -0.4 is 14.8 Å². The Morgan fingerprint density at radius 3 is 2.73 bits per heavy atom. The molecule has 8 nitrogen and oxygen atoms in total. The summed E-state index contributed by atoms with van der Waals surface area (Å²) >= 11 is 6.37. The Morgan fingerprint density at radius 2 is 2.00 bits per heavy atom. The van der Waals surface area contributed by atoms with E-state index in [4.69, 9.17) is 21.5 Å². The number of aliphatic hydroxyl groups is 1. The summed E-state index contributed by atoms with van der Waals surface area (Å²) in [5, 5.41) is 26.7. The van der Waals surface area contributed by atoms with Gasteiger partial charge in [-0.1, -0.05) is 43.2 Å². The minimum atomic E-state index is -3.62. The topological polar surface area (TPSA) is 130 Å². The summed E-state index contributed by atoms with van der Waals surface area (Å²) in [6.07, 6.45) is 10.7. The molecule has 44 heavy (non-hydrogen) atoms. The van der Waals surface area contributed by atoms with Gasteiger partial charge >= 0.3 is 5.97 Å². The van der Waals surface area contributed by atoms with E-state index in [9.17, 15) is 23.4 Å². The molecule has 0 bridgehead atoms. The third-order valence-electron chi connectivity index (χ3n) is 11.0. The lowest BCUT2D eigenvalue weighted by Crippen LogP contribution is -2.49. The molecule has 1 heterocycles. The predicted octanol–water partition coefficient (Wildman–Crippen LogP) is 5.69. The maximum atomic E-state index is 12.2. The standard InChI is InChI=1S/C34H43ClN2O6S/c1-33(15-4-7-31(33)44(36,41)42)14-3-6-29(38)26-11-8-24(26)19-37-20-34(16-2-5-22-17-25(35)10-12-27(22)34)21-43-30-13-9-23(32(39)40)18-28(30)37/h3,6,9-10,12-13,17-18,24,26,29,31,38H,2,4-5,7-8,11,14-16,19-21H2,1H3,(H,39,40)(H2,36,41,42)/b6-3+/t24-,26+,29?,31+,33-,34-/m0/s1. The minimum Gasteiger partial charge on any atom is -0.490 e. The molecule has 0 aromatic heterocycles. The largest absolute Gasteiger partial charge is 0.490 e. The number of hydrogen-bond donors (Lipinski definition) is 3. The predicted molar refractivity (Wildman–Crippen MR) is 172 cm³/mol. The van der Waals surface area contributed by atoms with Crippen LogP contribution in [-0.2, 0) is 21.9 Å². The first kappa shape index (κ1) is 31.4. The molecule has 4 N–H and O–H groups in total. The third-order valence-corrected chi connectivity index (χ3v) is 12.8. The van der Waals surface area contributed by atoms with Crippen LogP contribution in [0.3, 0.4) is 0 Å². The summed E-state index contributed by atoms with van der Waals surface area (Å²) in [5.74, 6) is -0.0374. The van der Waals surface area contributed by atoms with E-state index in [1.165, 1.54) is 11.1 Å². The maximum absolute atomic E-state index is 12.2. The normalized spacial score (nSPS) is 30.7. The average Bonchev–Trinajstić information content (AvgIpc) is 3.28. The summed E-state index contributed by atoms with van der Waals surface area (Å²) in [7, 11) is -3.62. The van der Waals surface area contributed by atoms with E-state index in [0.717, 1.165) is 55.7 Å². The number of carbonyl (C=O) groups is 1. The minimum absolute atomic E-state index is 0.0559. The van der Waals surface area contributed by atoms with Crippen molar-refractivity contribution in [2.24, 2.45) is 22.4 Å². The van der Waals surface area contributed by atoms with Gasteiger partial charge in [0.15, 0.2) is 0 Å². The number of nitrogens with two attached hydrogens (primary N) is 1. The number of halogens is 1. The highest BCUT2D eigenvalue weighted by molar-refractivity contribution is 7.89. The molecule has 1 unspecified atom stereocenters. The molecule has 0 saturated heterocycles. The Hall–Kier alpha value is -2.59. The molecule has 1 aliphatic heterocycles. The van der Waals surface area contributed by atoms with Crippen molar-refractivity contribution in [1.82, 2.24) is 0 Å². The van der Waals surface area contributed by atoms with Gasteiger partial charge in [-0.3, -0.25) is 0 Å². The number of aliphatic hydroxyl groups excluding tert-OH is 1. The molecule has 0 amide bonds. The van der Waals surface area contributed by atoms with E-state index in [-0.39, 0.29) is 22.8 Å². The van der Waals surface area contributed by atoms with Gasteiger partial charge in [0.1, 0.15) is 5.75 Å². The lowest BCUT2D eigenvalue weighted by molar-refractivity contribution is 0.0455. The second-order valence-corrected chi connectivity index (χ2v) is 16.0. The Kier molecular flexibility index (Phi) is 8.54. The Bertz CT molecular complexity index is 1560. The van der Waals surface area contributed by atoms with E-state index >= 15 is 0 Å². The van der Waals surface area contributed by atoms with Gasteiger partial charge < -0.3 is 19.8 Å². The Morgan fingerprint density at radius 1 is 1.18 bits per heavy atom. The van der Waals surface area contributed by atoms with Crippen LogP contribution >= 0.6 is 11.6 Å². The van der Waals surface area contributed by atoms with Crippen LogP contribution in [0.2, 0.25) is 5.02 Å². The highest BCUT2D eigenvalue weighted by Gasteiger charge is 2.46. The zero-order valence-corrected chi connectivity index (χ0v) is 26.8. The van der Waals surface area contributed by atoms with Crippen LogP contribution in [0.4, 0.5) is 5.69 Å². The van der Waals surface area contributed by atoms with Crippen molar-refractivity contribution in [3.63, 3.8) is 0 Å². The van der Waals surface area contributed by atoms with Gasteiger partial charge in [-0.15, -0.1) is 0 Å². The molecule has 2 aromatic carbocycles. The molecular formula is C34H43ClN2O6S. The van der Waals surface area contributed by atoms with Crippen molar-refractivity contribution < 1.29 is 28.2 Å². The highest BCUT2D eigenvalue weighted by atomic mass is 35.5. The van der Waals surface area contributed by atoms with Crippen molar-refractivity contribution >= 4 is 33.3 Å². The fraction of sp³-hybridized carbons (Fsp3) is 0.559. The first-order valence-electron chi connectivity index (χ1n) is 15.8. The fourth-order valence-corrected chi connectivity index (χ4v) is 10.1. The van der Waals surface area contributed by atoms with E-state index in [1.54, 1.807) is 18.2 Å². The second-order valence-electron chi connectivity index (χ2n) is 13.8. The van der Waals surface area contributed by atoms with Crippen LogP contribution in [0, 0.1) is 17.3 Å².